The van der Waals surface area contributed by atoms with Gasteiger partial charge in [0.2, 0.25) is 0 Å². The molecule has 1 aliphatic carbocycles. The van der Waals surface area contributed by atoms with E-state index in [1.165, 1.54) is 22.3 Å². The summed E-state index contributed by atoms with van der Waals surface area (Å²) in [5.41, 5.74) is 4.45. The van der Waals surface area contributed by atoms with E-state index in [0.29, 0.717) is 30.9 Å². The Kier molecular flexibility index (Phi) is 6.07. The van der Waals surface area contributed by atoms with E-state index in [9.17, 15) is 9.90 Å². The number of amides is 1. The van der Waals surface area contributed by atoms with E-state index in [4.69, 9.17) is 14.2 Å². The summed E-state index contributed by atoms with van der Waals surface area (Å²) in [6.07, 6.45) is 3.32. The number of aliphatic hydroxyl groups is 1. The number of carbonyl (C=O) groups excluding carboxylic acids is 1. The van der Waals surface area contributed by atoms with Gasteiger partial charge in [-0.3, -0.25) is 0 Å². The van der Waals surface area contributed by atoms with Crippen molar-refractivity contribution in [1.29, 1.82) is 0 Å². The first-order valence-corrected chi connectivity index (χ1v) is 13.1. The van der Waals surface area contributed by atoms with Gasteiger partial charge in [0, 0.05) is 36.4 Å². The maximum Gasteiger partial charge on any atom is 0.410 e. The maximum atomic E-state index is 13.5. The average Bonchev–Trinajstić information content (AvgIpc) is 3.24. The first-order chi connectivity index (χ1) is 18.0. The molecule has 0 aromatic heterocycles. The number of rotatable bonds is 5. The van der Waals surface area contributed by atoms with Gasteiger partial charge < -0.3 is 24.2 Å². The smallest absolute Gasteiger partial charge is 0.410 e. The summed E-state index contributed by atoms with van der Waals surface area (Å²) in [5.74, 6) is 1.34. The minimum atomic E-state index is -1.10. The van der Waals surface area contributed by atoms with E-state index in [1.807, 2.05) is 35.2 Å². The van der Waals surface area contributed by atoms with Crippen LogP contribution in [0.15, 0.2) is 66.7 Å². The molecule has 0 saturated carbocycles. The third-order valence-electron chi connectivity index (χ3n) is 8.46. The predicted molar refractivity (Wildman–Crippen MR) is 141 cm³/mol. The third-order valence-corrected chi connectivity index (χ3v) is 8.46. The molecular weight excluding hydrogens is 466 g/mol. The van der Waals surface area contributed by atoms with Crippen molar-refractivity contribution in [3.63, 3.8) is 0 Å². The van der Waals surface area contributed by atoms with Crippen LogP contribution >= 0.6 is 0 Å². The van der Waals surface area contributed by atoms with E-state index in [1.54, 1.807) is 14.2 Å². The monoisotopic (exact) mass is 499 g/mol. The summed E-state index contributed by atoms with van der Waals surface area (Å²) in [6.45, 7) is 0.302. The first-order valence-electron chi connectivity index (χ1n) is 13.1. The molecule has 6 heteroatoms. The van der Waals surface area contributed by atoms with E-state index >= 15 is 0 Å². The first kappa shape index (κ1) is 23.9. The SMILES string of the molecule is COc1ccc(OC)c(C2(O)CC3CCCC(C2)N3C(=O)OCC2c3ccccc3-c3ccccc32)c1. The van der Waals surface area contributed by atoms with Crippen LogP contribution < -0.4 is 9.47 Å². The second-order valence-electron chi connectivity index (χ2n) is 10.5. The molecule has 6 rings (SSSR count). The van der Waals surface area contributed by atoms with Gasteiger partial charge in [0.25, 0.3) is 0 Å². The molecule has 3 aromatic carbocycles. The second kappa shape index (κ2) is 9.42. The number of nitrogens with zero attached hydrogens (tertiary/aromatic N) is 1. The number of piperidine rings is 2. The Morgan fingerprint density at radius 1 is 0.919 bits per heavy atom. The molecule has 3 aliphatic rings. The van der Waals surface area contributed by atoms with Crippen LogP contribution in [0.3, 0.4) is 0 Å². The lowest BCUT2D eigenvalue weighted by Gasteiger charge is -2.51. The average molecular weight is 500 g/mol. The molecule has 2 atom stereocenters. The normalized spacial score (nSPS) is 24.2. The van der Waals surface area contributed by atoms with Crippen molar-refractivity contribution in [2.75, 3.05) is 20.8 Å². The maximum absolute atomic E-state index is 13.5. The van der Waals surface area contributed by atoms with Gasteiger partial charge in [0.1, 0.15) is 18.1 Å². The number of methoxy groups -OCH3 is 2. The van der Waals surface area contributed by atoms with Crippen molar-refractivity contribution in [2.24, 2.45) is 0 Å². The van der Waals surface area contributed by atoms with Crippen molar-refractivity contribution in [2.45, 2.75) is 55.7 Å². The fraction of sp³-hybridized carbons (Fsp3) is 0.387. The predicted octanol–water partition coefficient (Wildman–Crippen LogP) is 5.86. The number of benzene rings is 3. The Labute approximate surface area is 217 Å². The van der Waals surface area contributed by atoms with Crippen molar-refractivity contribution < 1.29 is 24.1 Å². The van der Waals surface area contributed by atoms with E-state index < -0.39 is 5.60 Å². The van der Waals surface area contributed by atoms with Crippen LogP contribution in [0.25, 0.3) is 11.1 Å². The van der Waals surface area contributed by atoms with Crippen LogP contribution in [-0.4, -0.2) is 49.0 Å². The molecule has 0 spiro atoms. The molecule has 2 aliphatic heterocycles. The number of carbonyl (C=O) groups is 1. The molecule has 0 radical (unpaired) electrons. The van der Waals surface area contributed by atoms with Gasteiger partial charge >= 0.3 is 6.09 Å². The van der Waals surface area contributed by atoms with E-state index in [-0.39, 0.29) is 24.1 Å². The molecule has 3 aromatic rings. The lowest BCUT2D eigenvalue weighted by Crippen LogP contribution is -2.59. The van der Waals surface area contributed by atoms with Gasteiger partial charge in [-0.15, -0.1) is 0 Å². The van der Waals surface area contributed by atoms with Crippen molar-refractivity contribution in [1.82, 2.24) is 4.90 Å². The Morgan fingerprint density at radius 2 is 1.54 bits per heavy atom. The fourth-order valence-corrected chi connectivity index (χ4v) is 6.79. The Morgan fingerprint density at radius 3 is 2.14 bits per heavy atom. The topological polar surface area (TPSA) is 68.2 Å². The highest BCUT2D eigenvalue weighted by Crippen LogP contribution is 2.48. The summed E-state index contributed by atoms with van der Waals surface area (Å²) in [4.78, 5) is 15.4. The largest absolute Gasteiger partial charge is 0.497 e. The van der Waals surface area contributed by atoms with E-state index in [2.05, 4.69) is 36.4 Å². The highest BCUT2D eigenvalue weighted by molar-refractivity contribution is 5.79. The number of hydrogen-bond donors (Lipinski definition) is 1. The van der Waals surface area contributed by atoms with Crippen LogP contribution in [0, 0.1) is 0 Å². The summed E-state index contributed by atoms with van der Waals surface area (Å²) in [6, 6.07) is 22.1. The quantitative estimate of drug-likeness (QED) is 0.476. The number of fused-ring (bicyclic) bond motifs is 5. The van der Waals surface area contributed by atoms with Gasteiger partial charge in [-0.2, -0.15) is 0 Å². The third kappa shape index (κ3) is 4.04. The molecular formula is C31H33NO5. The number of ether oxygens (including phenoxy) is 3. The summed E-state index contributed by atoms with van der Waals surface area (Å²) in [7, 11) is 3.23. The van der Waals surface area contributed by atoms with E-state index in [0.717, 1.165) is 24.8 Å². The Hall–Kier alpha value is -3.51. The van der Waals surface area contributed by atoms with Crippen molar-refractivity contribution in [3.05, 3.63) is 83.4 Å². The van der Waals surface area contributed by atoms with Gasteiger partial charge in [-0.25, -0.2) is 4.79 Å². The molecule has 2 saturated heterocycles. The summed E-state index contributed by atoms with van der Waals surface area (Å²) >= 11 is 0. The zero-order chi connectivity index (χ0) is 25.6. The van der Waals surface area contributed by atoms with Gasteiger partial charge in [-0.1, -0.05) is 48.5 Å². The van der Waals surface area contributed by atoms with Crippen LogP contribution in [0.4, 0.5) is 4.79 Å². The second-order valence-corrected chi connectivity index (χ2v) is 10.5. The minimum absolute atomic E-state index is 0.0268. The van der Waals surface area contributed by atoms with Crippen LogP contribution in [0.2, 0.25) is 0 Å². The zero-order valence-corrected chi connectivity index (χ0v) is 21.4. The number of hydrogen-bond acceptors (Lipinski definition) is 5. The lowest BCUT2D eigenvalue weighted by molar-refractivity contribution is -0.0899. The molecule has 2 unspecified atom stereocenters. The molecule has 2 fully saturated rings. The molecule has 2 heterocycles. The Bertz CT molecular complexity index is 1260. The minimum Gasteiger partial charge on any atom is -0.497 e. The molecule has 2 bridgehead atoms. The van der Waals surface area contributed by atoms with Crippen molar-refractivity contribution in [3.8, 4) is 22.6 Å². The van der Waals surface area contributed by atoms with Crippen LogP contribution in [-0.2, 0) is 10.3 Å². The molecule has 1 N–H and O–H groups in total. The van der Waals surface area contributed by atoms with Crippen molar-refractivity contribution >= 4 is 6.09 Å². The molecule has 6 nitrogen and oxygen atoms in total. The van der Waals surface area contributed by atoms with Gasteiger partial charge in [-0.05, 0) is 59.7 Å². The summed E-state index contributed by atoms with van der Waals surface area (Å²) < 4.78 is 17.0. The molecule has 1 amide bonds. The standard InChI is InChI=1S/C31H33NO5/c1-35-22-14-15-29(36-2)28(16-22)31(34)17-20-8-7-9-21(18-31)32(20)30(33)37-19-27-25-12-5-3-10-23(25)24-11-4-6-13-26(24)27/h3-6,10-16,20-21,27,34H,7-9,17-19H2,1-2H3. The van der Waals surface area contributed by atoms with Gasteiger partial charge in [0.15, 0.2) is 0 Å². The highest BCUT2D eigenvalue weighted by Gasteiger charge is 2.50. The van der Waals surface area contributed by atoms with Gasteiger partial charge in [0.05, 0.1) is 19.8 Å². The lowest BCUT2D eigenvalue weighted by atomic mass is 9.72. The zero-order valence-electron chi connectivity index (χ0n) is 21.4. The van der Waals surface area contributed by atoms with Crippen LogP contribution in [0.5, 0.6) is 11.5 Å². The van der Waals surface area contributed by atoms with Crippen LogP contribution in [0.1, 0.15) is 54.7 Å². The fourth-order valence-electron chi connectivity index (χ4n) is 6.79. The molecule has 192 valence electrons. The molecule has 37 heavy (non-hydrogen) atoms. The summed E-state index contributed by atoms with van der Waals surface area (Å²) in [5, 5.41) is 11.9. The highest BCUT2D eigenvalue weighted by atomic mass is 16.6. The Balaban J connectivity index is 1.22.